The molecule has 146 valence electrons. The molecule has 0 amide bonds. The molecule has 0 spiro atoms. The van der Waals surface area contributed by atoms with E-state index in [0.717, 1.165) is 31.6 Å². The molecule has 8 heteroatoms. The maximum Gasteiger partial charge on any atom is 0.263 e. The van der Waals surface area contributed by atoms with Gasteiger partial charge in [0.25, 0.3) is 10.0 Å². The standard InChI is InChI=1S/C19H25N3O4S/c1-3-9-22(10-4-2)15-5-8-19(20-14-15)21-27(23,24)16-6-7-17-18(13-16)26-12-11-25-17/h5-8,13-14H,3-4,9-12H2,1-2H3,(H,20,21). The van der Waals surface area contributed by atoms with Gasteiger partial charge < -0.3 is 14.4 Å². The van der Waals surface area contributed by atoms with Crippen LogP contribution in [0.25, 0.3) is 0 Å². The van der Waals surface area contributed by atoms with Gasteiger partial charge in [-0.05, 0) is 37.1 Å². The number of pyridine rings is 1. The molecule has 1 aromatic heterocycles. The average molecular weight is 391 g/mol. The summed E-state index contributed by atoms with van der Waals surface area (Å²) in [6, 6.07) is 8.14. The summed E-state index contributed by atoms with van der Waals surface area (Å²) < 4.78 is 38.7. The van der Waals surface area contributed by atoms with Crippen molar-refractivity contribution in [1.82, 2.24) is 4.98 Å². The lowest BCUT2D eigenvalue weighted by atomic mass is 10.3. The molecule has 0 unspecified atom stereocenters. The van der Waals surface area contributed by atoms with E-state index < -0.39 is 10.0 Å². The van der Waals surface area contributed by atoms with Gasteiger partial charge in [-0.25, -0.2) is 13.4 Å². The molecule has 3 rings (SSSR count). The minimum absolute atomic E-state index is 0.108. The summed E-state index contributed by atoms with van der Waals surface area (Å²) in [7, 11) is -3.76. The first-order chi connectivity index (χ1) is 13.0. The van der Waals surface area contributed by atoms with Crippen LogP contribution in [0.15, 0.2) is 41.4 Å². The summed E-state index contributed by atoms with van der Waals surface area (Å²) in [6.07, 6.45) is 3.78. The Bertz CT molecular complexity index is 863. The fourth-order valence-corrected chi connectivity index (χ4v) is 3.95. The van der Waals surface area contributed by atoms with Gasteiger partial charge in [-0.2, -0.15) is 0 Å². The van der Waals surface area contributed by atoms with Crippen molar-refractivity contribution in [2.75, 3.05) is 35.9 Å². The summed E-state index contributed by atoms with van der Waals surface area (Å²) in [5.41, 5.74) is 0.987. The molecular formula is C19H25N3O4S. The van der Waals surface area contributed by atoms with Crippen molar-refractivity contribution in [1.29, 1.82) is 0 Å². The Kier molecular flexibility index (Phi) is 6.05. The van der Waals surface area contributed by atoms with Crippen LogP contribution in [0.3, 0.4) is 0 Å². The third-order valence-corrected chi connectivity index (χ3v) is 5.52. The Morgan fingerprint density at radius 2 is 1.74 bits per heavy atom. The van der Waals surface area contributed by atoms with Crippen LogP contribution in [-0.4, -0.2) is 39.7 Å². The molecule has 1 aromatic carbocycles. The van der Waals surface area contributed by atoms with E-state index in [9.17, 15) is 8.42 Å². The molecule has 0 saturated heterocycles. The van der Waals surface area contributed by atoms with E-state index in [1.165, 1.54) is 12.1 Å². The van der Waals surface area contributed by atoms with Gasteiger partial charge in [-0.15, -0.1) is 0 Å². The van der Waals surface area contributed by atoms with Crippen LogP contribution in [0.2, 0.25) is 0 Å². The molecule has 7 nitrogen and oxygen atoms in total. The highest BCUT2D eigenvalue weighted by atomic mass is 32.2. The number of ether oxygens (including phenoxy) is 2. The second-order valence-corrected chi connectivity index (χ2v) is 7.98. The van der Waals surface area contributed by atoms with Crippen LogP contribution in [0.4, 0.5) is 11.5 Å². The highest BCUT2D eigenvalue weighted by molar-refractivity contribution is 7.92. The quantitative estimate of drug-likeness (QED) is 0.744. The van der Waals surface area contributed by atoms with Crippen LogP contribution >= 0.6 is 0 Å². The highest BCUT2D eigenvalue weighted by Crippen LogP contribution is 2.32. The molecule has 27 heavy (non-hydrogen) atoms. The molecular weight excluding hydrogens is 366 g/mol. The number of hydrogen-bond acceptors (Lipinski definition) is 6. The Morgan fingerprint density at radius 3 is 2.37 bits per heavy atom. The molecule has 0 fully saturated rings. The third-order valence-electron chi connectivity index (χ3n) is 4.16. The summed E-state index contributed by atoms with van der Waals surface area (Å²) >= 11 is 0. The summed E-state index contributed by atoms with van der Waals surface area (Å²) in [5.74, 6) is 1.26. The summed E-state index contributed by atoms with van der Waals surface area (Å²) in [4.78, 5) is 6.62. The van der Waals surface area contributed by atoms with E-state index in [-0.39, 0.29) is 10.7 Å². The largest absolute Gasteiger partial charge is 0.486 e. The van der Waals surface area contributed by atoms with E-state index in [0.29, 0.717) is 24.7 Å². The molecule has 1 N–H and O–H groups in total. The zero-order valence-corrected chi connectivity index (χ0v) is 16.5. The van der Waals surface area contributed by atoms with Gasteiger partial charge in [0.1, 0.15) is 19.0 Å². The van der Waals surface area contributed by atoms with Gasteiger partial charge >= 0.3 is 0 Å². The Hall–Kier alpha value is -2.48. The molecule has 1 aliphatic heterocycles. The number of fused-ring (bicyclic) bond motifs is 1. The van der Waals surface area contributed by atoms with E-state index in [2.05, 4.69) is 28.5 Å². The Morgan fingerprint density at radius 1 is 1.04 bits per heavy atom. The predicted molar refractivity (Wildman–Crippen MR) is 105 cm³/mol. The van der Waals surface area contributed by atoms with Gasteiger partial charge in [0, 0.05) is 19.2 Å². The number of sulfonamides is 1. The maximum absolute atomic E-state index is 12.7. The second-order valence-electron chi connectivity index (χ2n) is 6.30. The number of benzene rings is 1. The average Bonchev–Trinajstić information content (AvgIpc) is 2.68. The van der Waals surface area contributed by atoms with Gasteiger partial charge in [0.15, 0.2) is 11.5 Å². The van der Waals surface area contributed by atoms with E-state index >= 15 is 0 Å². The molecule has 1 aliphatic rings. The topological polar surface area (TPSA) is 80.8 Å². The number of anilines is 2. The van der Waals surface area contributed by atoms with Crippen LogP contribution in [0.1, 0.15) is 26.7 Å². The SMILES string of the molecule is CCCN(CCC)c1ccc(NS(=O)(=O)c2ccc3c(c2)OCCO3)nc1. The number of hydrogen-bond donors (Lipinski definition) is 1. The Balaban J connectivity index is 1.76. The van der Waals surface area contributed by atoms with Gasteiger partial charge in [-0.1, -0.05) is 13.8 Å². The fourth-order valence-electron chi connectivity index (χ4n) is 2.93. The minimum atomic E-state index is -3.76. The van der Waals surface area contributed by atoms with Crippen LogP contribution < -0.4 is 19.1 Å². The van der Waals surface area contributed by atoms with Crippen LogP contribution in [0.5, 0.6) is 11.5 Å². The Labute approximate surface area is 160 Å². The van der Waals surface area contributed by atoms with Gasteiger partial charge in [0.2, 0.25) is 0 Å². The predicted octanol–water partition coefficient (Wildman–Crippen LogP) is 3.28. The number of nitrogens with one attached hydrogen (secondary N) is 1. The summed E-state index contributed by atoms with van der Waals surface area (Å²) in [6.45, 7) is 7.01. The fraction of sp³-hybridized carbons (Fsp3) is 0.421. The lowest BCUT2D eigenvalue weighted by Crippen LogP contribution is -2.25. The van der Waals surface area contributed by atoms with Crippen molar-refractivity contribution < 1.29 is 17.9 Å². The van der Waals surface area contributed by atoms with Crippen molar-refractivity contribution >= 4 is 21.5 Å². The molecule has 0 bridgehead atoms. The lowest BCUT2D eigenvalue weighted by molar-refractivity contribution is 0.171. The van der Waals surface area contributed by atoms with Crippen molar-refractivity contribution in [3.05, 3.63) is 36.5 Å². The molecule has 0 radical (unpaired) electrons. The van der Waals surface area contributed by atoms with Crippen LogP contribution in [0, 0.1) is 0 Å². The maximum atomic E-state index is 12.7. The monoisotopic (exact) mass is 391 g/mol. The zero-order valence-electron chi connectivity index (χ0n) is 15.6. The van der Waals surface area contributed by atoms with Crippen LogP contribution in [-0.2, 0) is 10.0 Å². The van der Waals surface area contributed by atoms with Gasteiger partial charge in [0.05, 0.1) is 16.8 Å². The van der Waals surface area contributed by atoms with Gasteiger partial charge in [-0.3, -0.25) is 4.72 Å². The normalized spacial score (nSPS) is 13.3. The van der Waals surface area contributed by atoms with Crippen molar-refractivity contribution in [2.45, 2.75) is 31.6 Å². The minimum Gasteiger partial charge on any atom is -0.486 e. The van der Waals surface area contributed by atoms with Crippen molar-refractivity contribution in [3.63, 3.8) is 0 Å². The number of aromatic nitrogens is 1. The smallest absolute Gasteiger partial charge is 0.263 e. The third kappa shape index (κ3) is 4.63. The molecule has 0 aliphatic carbocycles. The molecule has 0 atom stereocenters. The lowest BCUT2D eigenvalue weighted by Gasteiger charge is -2.23. The number of rotatable bonds is 8. The number of nitrogens with zero attached hydrogens (tertiary/aromatic N) is 2. The van der Waals surface area contributed by atoms with E-state index in [1.54, 1.807) is 18.3 Å². The first-order valence-corrected chi connectivity index (χ1v) is 10.6. The molecule has 0 saturated carbocycles. The first-order valence-electron chi connectivity index (χ1n) is 9.17. The molecule has 2 aromatic rings. The van der Waals surface area contributed by atoms with Crippen molar-refractivity contribution in [3.8, 4) is 11.5 Å². The van der Waals surface area contributed by atoms with Crippen molar-refractivity contribution in [2.24, 2.45) is 0 Å². The first kappa shape index (κ1) is 19.3. The zero-order chi connectivity index (χ0) is 19.3. The molecule has 2 heterocycles. The van der Waals surface area contributed by atoms with E-state index in [1.807, 2.05) is 6.07 Å². The summed E-state index contributed by atoms with van der Waals surface area (Å²) in [5, 5.41) is 0. The highest BCUT2D eigenvalue weighted by Gasteiger charge is 2.20. The van der Waals surface area contributed by atoms with E-state index in [4.69, 9.17) is 9.47 Å². The second kappa shape index (κ2) is 8.47.